The highest BCUT2D eigenvalue weighted by Crippen LogP contribution is 2.46. The molecule has 2 fully saturated rings. The summed E-state index contributed by atoms with van der Waals surface area (Å²) in [5, 5.41) is 2.79. The maximum atomic E-state index is 12.7. The number of fused-ring (bicyclic) bond motifs is 2. The number of thiophene rings is 1. The highest BCUT2D eigenvalue weighted by molar-refractivity contribution is 7.15. The molecule has 5 rings (SSSR count). The van der Waals surface area contributed by atoms with Gasteiger partial charge in [-0.1, -0.05) is 6.07 Å². The zero-order chi connectivity index (χ0) is 20.0. The molecule has 2 aromatic rings. The smallest absolute Gasteiger partial charge is 0.245 e. The van der Waals surface area contributed by atoms with Gasteiger partial charge in [0.1, 0.15) is 11.9 Å². The van der Waals surface area contributed by atoms with E-state index < -0.39 is 0 Å². The summed E-state index contributed by atoms with van der Waals surface area (Å²) in [6, 6.07) is 7.55. The van der Waals surface area contributed by atoms with Gasteiger partial charge in [0.25, 0.3) is 0 Å². The third-order valence-electron chi connectivity index (χ3n) is 6.21. The third kappa shape index (κ3) is 3.30. The highest BCUT2D eigenvalue weighted by atomic mass is 32.1. The number of rotatable bonds is 2. The van der Waals surface area contributed by atoms with Crippen molar-refractivity contribution >= 4 is 29.0 Å². The van der Waals surface area contributed by atoms with Gasteiger partial charge in [-0.3, -0.25) is 9.59 Å². The van der Waals surface area contributed by atoms with Gasteiger partial charge < -0.3 is 20.7 Å². The maximum Gasteiger partial charge on any atom is 0.245 e. The Hall–Kier alpha value is -2.45. The quantitative estimate of drug-likeness (QED) is 0.787. The summed E-state index contributed by atoms with van der Waals surface area (Å²) in [4.78, 5) is 33.0. The van der Waals surface area contributed by atoms with Crippen molar-refractivity contribution in [3.8, 4) is 10.6 Å². The van der Waals surface area contributed by atoms with Gasteiger partial charge in [-0.05, 0) is 43.0 Å². The number of carbonyl (C=O) groups excluding carboxylic acids is 2. The minimum Gasteiger partial charge on any atom is -0.384 e. The van der Waals surface area contributed by atoms with E-state index in [-0.39, 0.29) is 23.5 Å². The van der Waals surface area contributed by atoms with Crippen LogP contribution in [-0.4, -0.2) is 47.4 Å². The third-order valence-corrected chi connectivity index (χ3v) is 7.42. The molecular formula is C21H24N4O3S. The van der Waals surface area contributed by atoms with Crippen LogP contribution in [-0.2, 0) is 26.3 Å². The van der Waals surface area contributed by atoms with Crippen LogP contribution in [0.3, 0.4) is 0 Å². The van der Waals surface area contributed by atoms with Gasteiger partial charge in [0.05, 0.1) is 22.8 Å². The zero-order valence-electron chi connectivity index (χ0n) is 16.1. The van der Waals surface area contributed by atoms with E-state index in [4.69, 9.17) is 10.5 Å². The van der Waals surface area contributed by atoms with Gasteiger partial charge in [0, 0.05) is 30.8 Å². The van der Waals surface area contributed by atoms with Crippen LogP contribution in [0.2, 0.25) is 0 Å². The molecule has 2 aromatic heterocycles. The summed E-state index contributed by atoms with van der Waals surface area (Å²) in [6.07, 6.45) is 3.48. The number of hydrogen-bond donors (Lipinski definition) is 2. The number of nitrogens with zero attached hydrogens (tertiary/aromatic N) is 2. The van der Waals surface area contributed by atoms with Crippen molar-refractivity contribution in [3.05, 3.63) is 34.7 Å². The van der Waals surface area contributed by atoms with Crippen molar-refractivity contribution < 1.29 is 14.3 Å². The molecule has 0 bridgehead atoms. The van der Waals surface area contributed by atoms with Gasteiger partial charge in [0.15, 0.2) is 0 Å². The van der Waals surface area contributed by atoms with E-state index >= 15 is 0 Å². The number of nitrogens with one attached hydrogen (secondary N) is 1. The standard InChI is InChI=1S/C21H24N4O3S/c22-18-3-1-2-14(23-18)17-12-13-16(29-17)6-11-28-21(13)7-9-25(10-8-21)20(27)15-4-5-19(26)24-15/h1-3,12,15H,4-11H2,(H2,22,23)(H,24,26). The van der Waals surface area contributed by atoms with E-state index in [1.807, 2.05) is 17.0 Å². The predicted octanol–water partition coefficient (Wildman–Crippen LogP) is 2.06. The maximum absolute atomic E-state index is 12.7. The van der Waals surface area contributed by atoms with E-state index in [1.165, 1.54) is 10.4 Å². The number of carbonyl (C=O) groups is 2. The topological polar surface area (TPSA) is 97.5 Å². The minimum absolute atomic E-state index is 0.0296. The van der Waals surface area contributed by atoms with Gasteiger partial charge in [-0.25, -0.2) is 4.98 Å². The van der Waals surface area contributed by atoms with E-state index in [2.05, 4.69) is 16.4 Å². The van der Waals surface area contributed by atoms with Crippen LogP contribution < -0.4 is 11.1 Å². The average molecular weight is 413 g/mol. The first-order valence-electron chi connectivity index (χ1n) is 10.1. The lowest BCUT2D eigenvalue weighted by Crippen LogP contribution is -2.52. The molecule has 1 unspecified atom stereocenters. The summed E-state index contributed by atoms with van der Waals surface area (Å²) in [6.45, 7) is 1.99. The predicted molar refractivity (Wildman–Crippen MR) is 110 cm³/mol. The fourth-order valence-electron chi connectivity index (χ4n) is 4.65. The number of nitrogen functional groups attached to an aromatic ring is 1. The number of pyridine rings is 1. The lowest BCUT2D eigenvalue weighted by atomic mass is 9.82. The summed E-state index contributed by atoms with van der Waals surface area (Å²) in [5.41, 5.74) is 7.67. The van der Waals surface area contributed by atoms with Crippen LogP contribution in [0.1, 0.15) is 36.1 Å². The summed E-state index contributed by atoms with van der Waals surface area (Å²) >= 11 is 1.77. The second-order valence-corrected chi connectivity index (χ2v) is 9.11. The van der Waals surface area contributed by atoms with Crippen molar-refractivity contribution in [2.75, 3.05) is 25.4 Å². The molecule has 0 saturated carbocycles. The normalized spacial score (nSPS) is 23.1. The fraction of sp³-hybridized carbons (Fsp3) is 0.476. The van der Waals surface area contributed by atoms with Gasteiger partial charge in [-0.15, -0.1) is 11.3 Å². The molecule has 5 heterocycles. The number of ether oxygens (including phenoxy) is 1. The van der Waals surface area contributed by atoms with Crippen molar-refractivity contribution in [1.82, 2.24) is 15.2 Å². The van der Waals surface area contributed by atoms with E-state index in [9.17, 15) is 9.59 Å². The Labute approximate surface area is 173 Å². The van der Waals surface area contributed by atoms with Crippen molar-refractivity contribution in [2.45, 2.75) is 43.7 Å². The Balaban J connectivity index is 1.36. The van der Waals surface area contributed by atoms with E-state index in [1.54, 1.807) is 17.4 Å². The summed E-state index contributed by atoms with van der Waals surface area (Å²) < 4.78 is 6.33. The molecule has 3 aliphatic heterocycles. The largest absolute Gasteiger partial charge is 0.384 e. The Bertz CT molecular complexity index is 965. The van der Waals surface area contributed by atoms with Crippen LogP contribution in [0.4, 0.5) is 5.82 Å². The van der Waals surface area contributed by atoms with Crippen LogP contribution in [0.15, 0.2) is 24.3 Å². The zero-order valence-corrected chi connectivity index (χ0v) is 17.0. The molecule has 1 atom stereocenters. The molecule has 3 aliphatic rings. The molecule has 3 N–H and O–H groups in total. The van der Waals surface area contributed by atoms with Gasteiger partial charge >= 0.3 is 0 Å². The number of piperidine rings is 1. The molecule has 2 amide bonds. The number of aromatic nitrogens is 1. The monoisotopic (exact) mass is 412 g/mol. The Morgan fingerprint density at radius 2 is 2.14 bits per heavy atom. The molecule has 29 heavy (non-hydrogen) atoms. The molecule has 2 saturated heterocycles. The second-order valence-electron chi connectivity index (χ2n) is 7.97. The van der Waals surface area contributed by atoms with Crippen molar-refractivity contribution in [2.24, 2.45) is 0 Å². The first-order chi connectivity index (χ1) is 14.0. The molecule has 0 radical (unpaired) electrons. The van der Waals surface area contributed by atoms with Gasteiger partial charge in [0.2, 0.25) is 11.8 Å². The Morgan fingerprint density at radius 3 is 2.86 bits per heavy atom. The molecular weight excluding hydrogens is 388 g/mol. The molecule has 152 valence electrons. The number of likely N-dealkylation sites (tertiary alicyclic amines) is 1. The SMILES string of the molecule is Nc1cccc(-c2cc3c(s2)CCOC32CCN(C(=O)C3CCC(=O)N3)CC2)n1. The van der Waals surface area contributed by atoms with Crippen molar-refractivity contribution in [3.63, 3.8) is 0 Å². The second kappa shape index (κ2) is 7.11. The van der Waals surface area contributed by atoms with Crippen LogP contribution >= 0.6 is 11.3 Å². The van der Waals surface area contributed by atoms with Crippen LogP contribution in [0.5, 0.6) is 0 Å². The van der Waals surface area contributed by atoms with E-state index in [0.29, 0.717) is 38.4 Å². The number of amides is 2. The number of hydrogen-bond acceptors (Lipinski definition) is 6. The number of anilines is 1. The lowest BCUT2D eigenvalue weighted by molar-refractivity contribution is -0.143. The summed E-state index contributed by atoms with van der Waals surface area (Å²) in [5.74, 6) is 0.528. The van der Waals surface area contributed by atoms with E-state index in [0.717, 1.165) is 29.8 Å². The molecule has 8 heteroatoms. The number of nitrogens with two attached hydrogens (primary N) is 1. The molecule has 7 nitrogen and oxygen atoms in total. The minimum atomic E-state index is -0.359. The molecule has 1 spiro atoms. The lowest BCUT2D eigenvalue weighted by Gasteiger charge is -2.44. The first kappa shape index (κ1) is 18.6. The Morgan fingerprint density at radius 1 is 1.31 bits per heavy atom. The molecule has 0 aromatic carbocycles. The first-order valence-corrected chi connectivity index (χ1v) is 10.9. The average Bonchev–Trinajstić information content (AvgIpc) is 3.36. The van der Waals surface area contributed by atoms with Crippen molar-refractivity contribution in [1.29, 1.82) is 0 Å². The summed E-state index contributed by atoms with van der Waals surface area (Å²) in [7, 11) is 0. The molecule has 0 aliphatic carbocycles. The highest BCUT2D eigenvalue weighted by Gasteiger charge is 2.44. The Kier molecular flexibility index (Phi) is 4.55. The van der Waals surface area contributed by atoms with Crippen LogP contribution in [0.25, 0.3) is 10.6 Å². The van der Waals surface area contributed by atoms with Crippen LogP contribution in [0, 0.1) is 0 Å². The fourth-order valence-corrected chi connectivity index (χ4v) is 5.85. The van der Waals surface area contributed by atoms with Gasteiger partial charge in [-0.2, -0.15) is 0 Å².